The van der Waals surface area contributed by atoms with Crippen molar-refractivity contribution in [3.8, 4) is 0 Å². The third-order valence-corrected chi connectivity index (χ3v) is 4.10. The predicted molar refractivity (Wildman–Crippen MR) is 76.0 cm³/mol. The maximum atomic E-state index is 12.1. The zero-order valence-electron chi connectivity index (χ0n) is 11.2. The minimum absolute atomic E-state index is 0.0594. The molecule has 1 saturated heterocycles. The molecule has 1 aromatic rings. The van der Waals surface area contributed by atoms with Crippen LogP contribution in [0.1, 0.15) is 4.88 Å². The molecule has 0 saturated carbocycles. The highest BCUT2D eigenvalue weighted by atomic mass is 32.1. The van der Waals surface area contributed by atoms with Crippen molar-refractivity contribution in [2.45, 2.75) is 12.6 Å². The molecule has 1 unspecified atom stereocenters. The molecule has 2 heterocycles. The number of morpholine rings is 1. The number of ether oxygens (including phenoxy) is 1. The summed E-state index contributed by atoms with van der Waals surface area (Å²) in [6, 6.07) is 4.06. The van der Waals surface area contributed by atoms with E-state index < -0.39 is 0 Å². The molecule has 0 radical (unpaired) electrons. The fraction of sp³-hybridized carbons (Fsp3) is 0.615. The Hall–Kier alpha value is -0.950. The van der Waals surface area contributed by atoms with Crippen molar-refractivity contribution < 1.29 is 9.53 Å². The average Bonchev–Trinajstić information content (AvgIpc) is 2.91. The van der Waals surface area contributed by atoms with Crippen LogP contribution in [0.4, 0.5) is 0 Å². The van der Waals surface area contributed by atoms with Crippen LogP contribution in [0.3, 0.4) is 0 Å². The standard InChI is InChI=1S/C13H21N3O2S/c1-15(9-12-3-2-6-19-12)13(17)10-16-4-5-18-11(7-14)8-16/h2-3,6,11H,4-5,7-10,14H2,1H3. The number of nitrogens with zero attached hydrogens (tertiary/aromatic N) is 2. The lowest BCUT2D eigenvalue weighted by Crippen LogP contribution is -2.49. The number of nitrogens with two attached hydrogens (primary N) is 1. The van der Waals surface area contributed by atoms with Crippen LogP contribution >= 0.6 is 11.3 Å². The Labute approximate surface area is 117 Å². The molecule has 1 atom stereocenters. The molecule has 2 N–H and O–H groups in total. The smallest absolute Gasteiger partial charge is 0.236 e. The molecular weight excluding hydrogens is 262 g/mol. The molecule has 0 spiro atoms. The Balaban J connectivity index is 1.79. The molecule has 106 valence electrons. The lowest BCUT2D eigenvalue weighted by molar-refractivity contribution is -0.133. The second-order valence-electron chi connectivity index (χ2n) is 4.79. The van der Waals surface area contributed by atoms with Gasteiger partial charge in [-0.05, 0) is 11.4 Å². The van der Waals surface area contributed by atoms with Crippen LogP contribution in [0, 0.1) is 0 Å². The number of carbonyl (C=O) groups is 1. The van der Waals surface area contributed by atoms with Gasteiger partial charge in [0, 0.05) is 31.6 Å². The normalized spacial score (nSPS) is 20.4. The fourth-order valence-electron chi connectivity index (χ4n) is 2.10. The lowest BCUT2D eigenvalue weighted by Gasteiger charge is -2.32. The highest BCUT2D eigenvalue weighted by molar-refractivity contribution is 7.09. The molecule has 0 bridgehead atoms. The topological polar surface area (TPSA) is 58.8 Å². The summed E-state index contributed by atoms with van der Waals surface area (Å²) < 4.78 is 5.49. The van der Waals surface area contributed by atoms with Crippen molar-refractivity contribution in [2.24, 2.45) is 5.73 Å². The quantitative estimate of drug-likeness (QED) is 0.848. The van der Waals surface area contributed by atoms with Crippen LogP contribution in [-0.2, 0) is 16.1 Å². The molecule has 5 nitrogen and oxygen atoms in total. The maximum absolute atomic E-state index is 12.1. The van der Waals surface area contributed by atoms with E-state index in [9.17, 15) is 4.79 Å². The Morgan fingerprint density at radius 2 is 2.53 bits per heavy atom. The summed E-state index contributed by atoms with van der Waals surface area (Å²) in [5.74, 6) is 0.145. The zero-order chi connectivity index (χ0) is 13.7. The minimum Gasteiger partial charge on any atom is -0.374 e. The molecule has 19 heavy (non-hydrogen) atoms. The van der Waals surface area contributed by atoms with Crippen LogP contribution in [0.2, 0.25) is 0 Å². The Morgan fingerprint density at radius 3 is 3.21 bits per heavy atom. The highest BCUT2D eigenvalue weighted by Gasteiger charge is 2.22. The number of likely N-dealkylation sites (N-methyl/N-ethyl adjacent to an activating group) is 1. The van der Waals surface area contributed by atoms with Gasteiger partial charge in [-0.25, -0.2) is 0 Å². The van der Waals surface area contributed by atoms with Crippen molar-refractivity contribution in [1.82, 2.24) is 9.80 Å². The third kappa shape index (κ3) is 4.28. The summed E-state index contributed by atoms with van der Waals surface area (Å²) in [5, 5.41) is 2.03. The lowest BCUT2D eigenvalue weighted by atomic mass is 10.2. The summed E-state index contributed by atoms with van der Waals surface area (Å²) in [5.41, 5.74) is 5.60. The van der Waals surface area contributed by atoms with Gasteiger partial charge in [-0.3, -0.25) is 9.69 Å². The van der Waals surface area contributed by atoms with Gasteiger partial charge < -0.3 is 15.4 Å². The molecule has 2 rings (SSSR count). The van der Waals surface area contributed by atoms with E-state index in [1.807, 2.05) is 24.6 Å². The van der Waals surface area contributed by atoms with E-state index in [0.717, 1.165) is 13.1 Å². The van der Waals surface area contributed by atoms with E-state index in [1.54, 1.807) is 16.2 Å². The number of hydrogen-bond acceptors (Lipinski definition) is 5. The summed E-state index contributed by atoms with van der Waals surface area (Å²) >= 11 is 1.67. The van der Waals surface area contributed by atoms with Crippen molar-refractivity contribution in [2.75, 3.05) is 39.8 Å². The van der Waals surface area contributed by atoms with E-state index in [2.05, 4.69) is 4.90 Å². The first kappa shape index (κ1) is 14.5. The van der Waals surface area contributed by atoms with E-state index in [0.29, 0.717) is 26.2 Å². The van der Waals surface area contributed by atoms with Crippen molar-refractivity contribution >= 4 is 17.2 Å². The first-order valence-corrected chi connectivity index (χ1v) is 7.37. The van der Waals surface area contributed by atoms with Gasteiger partial charge in [0.25, 0.3) is 0 Å². The summed E-state index contributed by atoms with van der Waals surface area (Å²) in [4.78, 5) is 17.3. The van der Waals surface area contributed by atoms with Crippen LogP contribution in [-0.4, -0.2) is 61.6 Å². The monoisotopic (exact) mass is 283 g/mol. The Bertz CT molecular complexity index is 397. The fourth-order valence-corrected chi connectivity index (χ4v) is 2.86. The Morgan fingerprint density at radius 1 is 1.68 bits per heavy atom. The van der Waals surface area contributed by atoms with Crippen LogP contribution in [0.25, 0.3) is 0 Å². The van der Waals surface area contributed by atoms with Crippen LogP contribution in [0.5, 0.6) is 0 Å². The van der Waals surface area contributed by atoms with Gasteiger partial charge in [0.1, 0.15) is 0 Å². The molecule has 0 aliphatic carbocycles. The zero-order valence-corrected chi connectivity index (χ0v) is 12.1. The maximum Gasteiger partial charge on any atom is 0.236 e. The number of carbonyl (C=O) groups excluding carboxylic acids is 1. The molecule has 1 aromatic heterocycles. The van der Waals surface area contributed by atoms with Gasteiger partial charge in [0.15, 0.2) is 0 Å². The first-order chi connectivity index (χ1) is 9.19. The second-order valence-corrected chi connectivity index (χ2v) is 5.83. The van der Waals surface area contributed by atoms with Crippen molar-refractivity contribution in [3.63, 3.8) is 0 Å². The molecular formula is C13H21N3O2S. The van der Waals surface area contributed by atoms with E-state index in [4.69, 9.17) is 10.5 Å². The summed E-state index contributed by atoms with van der Waals surface area (Å²) in [6.07, 6.45) is 0.0594. The molecule has 0 aromatic carbocycles. The highest BCUT2D eigenvalue weighted by Crippen LogP contribution is 2.11. The minimum atomic E-state index is 0.0594. The van der Waals surface area contributed by atoms with E-state index in [-0.39, 0.29) is 12.0 Å². The second kappa shape index (κ2) is 7.00. The molecule has 1 amide bonds. The number of rotatable bonds is 5. The molecule has 1 aliphatic heterocycles. The summed E-state index contributed by atoms with van der Waals surface area (Å²) in [6.45, 7) is 3.84. The number of thiophene rings is 1. The van der Waals surface area contributed by atoms with Crippen molar-refractivity contribution in [3.05, 3.63) is 22.4 Å². The molecule has 1 aliphatic rings. The summed E-state index contributed by atoms with van der Waals surface area (Å²) in [7, 11) is 1.85. The van der Waals surface area contributed by atoms with Gasteiger partial charge in [-0.2, -0.15) is 0 Å². The average molecular weight is 283 g/mol. The first-order valence-electron chi connectivity index (χ1n) is 6.49. The molecule has 6 heteroatoms. The van der Waals surface area contributed by atoms with Gasteiger partial charge in [-0.15, -0.1) is 11.3 Å². The third-order valence-electron chi connectivity index (χ3n) is 3.24. The molecule has 1 fully saturated rings. The van der Waals surface area contributed by atoms with E-state index in [1.165, 1.54) is 4.88 Å². The Kier molecular flexibility index (Phi) is 5.33. The predicted octanol–water partition coefficient (Wildman–Crippen LogP) is 0.366. The largest absolute Gasteiger partial charge is 0.374 e. The van der Waals surface area contributed by atoms with Gasteiger partial charge in [-0.1, -0.05) is 6.07 Å². The van der Waals surface area contributed by atoms with Crippen LogP contribution in [0.15, 0.2) is 17.5 Å². The van der Waals surface area contributed by atoms with Crippen LogP contribution < -0.4 is 5.73 Å². The van der Waals surface area contributed by atoms with Gasteiger partial charge in [0.2, 0.25) is 5.91 Å². The van der Waals surface area contributed by atoms with Gasteiger partial charge >= 0.3 is 0 Å². The SMILES string of the molecule is CN(Cc1cccs1)C(=O)CN1CCOC(CN)C1. The van der Waals surface area contributed by atoms with Gasteiger partial charge in [0.05, 0.1) is 25.8 Å². The van der Waals surface area contributed by atoms with Crippen molar-refractivity contribution in [1.29, 1.82) is 0 Å². The number of hydrogen-bond donors (Lipinski definition) is 1. The number of amides is 1. The van der Waals surface area contributed by atoms with E-state index >= 15 is 0 Å².